The van der Waals surface area contributed by atoms with Gasteiger partial charge in [-0.05, 0) is 60.0 Å². The predicted molar refractivity (Wildman–Crippen MR) is 99.3 cm³/mol. The fraction of sp³-hybridized carbons (Fsp3) is 0.889. The molecule has 0 unspecified atom stereocenters. The molecule has 0 aliphatic carbocycles. The molecule has 0 atom stereocenters. The second kappa shape index (κ2) is 11.3. The average molecular weight is 341 g/mol. The van der Waals surface area contributed by atoms with Crippen LogP contribution in [0.25, 0.3) is 0 Å². The number of guanidine groups is 1. The number of aliphatic imine (C=N–C) groups is 1. The number of rotatable bonds is 8. The van der Waals surface area contributed by atoms with E-state index >= 15 is 0 Å². The molecule has 0 spiro atoms. The smallest absolute Gasteiger partial charge is 0.308 e. The van der Waals surface area contributed by atoms with Crippen LogP contribution >= 0.6 is 0 Å². The number of nitrogens with one attached hydrogen (secondary N) is 1. The minimum atomic E-state index is -0.0779. The highest BCUT2D eigenvalue weighted by Gasteiger charge is 2.26. The molecule has 1 N–H and O–H groups in total. The number of unbranched alkanes of at least 4 members (excludes halogenated alkanes) is 1. The standard InChI is InChI=1S/C18H36N4O2/c1-6-19-18(20-11-7-8-12-21(4)15(2)3)22-13-9-16(10-14-22)17(23)24-5/h15-16H,6-14H2,1-5H3,(H,19,20). The van der Waals surface area contributed by atoms with E-state index < -0.39 is 0 Å². The molecule has 140 valence electrons. The van der Waals surface area contributed by atoms with Gasteiger partial charge in [-0.25, -0.2) is 0 Å². The number of carbonyl (C=O) groups is 1. The van der Waals surface area contributed by atoms with Crippen LogP contribution in [0, 0.1) is 5.92 Å². The van der Waals surface area contributed by atoms with E-state index in [1.165, 1.54) is 13.5 Å². The quantitative estimate of drug-likeness (QED) is 0.317. The number of piperidine rings is 1. The molecule has 0 amide bonds. The minimum Gasteiger partial charge on any atom is -0.469 e. The van der Waals surface area contributed by atoms with E-state index in [1.807, 2.05) is 0 Å². The van der Waals surface area contributed by atoms with Crippen LogP contribution in [0.5, 0.6) is 0 Å². The summed E-state index contributed by atoms with van der Waals surface area (Å²) >= 11 is 0. The Kier molecular flexibility index (Phi) is 9.76. The summed E-state index contributed by atoms with van der Waals surface area (Å²) in [5, 5.41) is 3.38. The van der Waals surface area contributed by atoms with Crippen LogP contribution < -0.4 is 5.32 Å². The Morgan fingerprint density at radius 2 is 2.00 bits per heavy atom. The summed E-state index contributed by atoms with van der Waals surface area (Å²) in [6.45, 7) is 11.1. The number of ether oxygens (including phenoxy) is 1. The van der Waals surface area contributed by atoms with Gasteiger partial charge in [0.1, 0.15) is 0 Å². The van der Waals surface area contributed by atoms with Crippen molar-refractivity contribution < 1.29 is 9.53 Å². The molecule has 0 saturated carbocycles. The molecule has 6 heteroatoms. The highest BCUT2D eigenvalue weighted by Crippen LogP contribution is 2.18. The largest absolute Gasteiger partial charge is 0.469 e. The zero-order valence-electron chi connectivity index (χ0n) is 16.2. The molecule has 0 aromatic heterocycles. The highest BCUT2D eigenvalue weighted by molar-refractivity contribution is 5.80. The lowest BCUT2D eigenvalue weighted by Gasteiger charge is -2.33. The minimum absolute atomic E-state index is 0.0423. The zero-order valence-corrected chi connectivity index (χ0v) is 16.2. The molecule has 0 bridgehead atoms. The van der Waals surface area contributed by atoms with Gasteiger partial charge in [-0.1, -0.05) is 0 Å². The lowest BCUT2D eigenvalue weighted by Crippen LogP contribution is -2.46. The Labute approximate surface area is 147 Å². The predicted octanol–water partition coefficient (Wildman–Crippen LogP) is 1.96. The molecule has 1 aliphatic heterocycles. The number of likely N-dealkylation sites (tertiary alicyclic amines) is 1. The Hall–Kier alpha value is -1.30. The average Bonchev–Trinajstić information content (AvgIpc) is 2.59. The van der Waals surface area contributed by atoms with Crippen LogP contribution in [-0.2, 0) is 9.53 Å². The lowest BCUT2D eigenvalue weighted by atomic mass is 9.97. The highest BCUT2D eigenvalue weighted by atomic mass is 16.5. The van der Waals surface area contributed by atoms with Crippen LogP contribution in [-0.4, -0.2) is 74.7 Å². The van der Waals surface area contributed by atoms with Crippen LogP contribution in [0.1, 0.15) is 46.5 Å². The van der Waals surface area contributed by atoms with E-state index in [2.05, 4.69) is 42.9 Å². The van der Waals surface area contributed by atoms with Crippen molar-refractivity contribution >= 4 is 11.9 Å². The SMILES string of the molecule is CCNC(=NCCCCN(C)C(C)C)N1CCC(C(=O)OC)CC1. The summed E-state index contributed by atoms with van der Waals surface area (Å²) in [6, 6.07) is 0.599. The van der Waals surface area contributed by atoms with Gasteiger partial charge in [0, 0.05) is 32.2 Å². The van der Waals surface area contributed by atoms with Crippen LogP contribution in [0.3, 0.4) is 0 Å². The lowest BCUT2D eigenvalue weighted by molar-refractivity contribution is -0.146. The first-order chi connectivity index (χ1) is 11.5. The molecule has 0 aromatic carbocycles. The van der Waals surface area contributed by atoms with Gasteiger partial charge >= 0.3 is 5.97 Å². The van der Waals surface area contributed by atoms with Crippen molar-refractivity contribution in [3.63, 3.8) is 0 Å². The maximum absolute atomic E-state index is 11.6. The van der Waals surface area contributed by atoms with Crippen molar-refractivity contribution in [3.05, 3.63) is 0 Å². The van der Waals surface area contributed by atoms with Gasteiger partial charge in [-0.15, -0.1) is 0 Å². The van der Waals surface area contributed by atoms with E-state index in [1.54, 1.807) is 0 Å². The van der Waals surface area contributed by atoms with Crippen LogP contribution in [0.2, 0.25) is 0 Å². The molecule has 6 nitrogen and oxygen atoms in total. The van der Waals surface area contributed by atoms with E-state index in [0.29, 0.717) is 6.04 Å². The number of hydrogen-bond donors (Lipinski definition) is 1. The molecule has 1 rings (SSSR count). The molecular formula is C18H36N4O2. The third-order valence-electron chi connectivity index (χ3n) is 4.73. The van der Waals surface area contributed by atoms with E-state index in [-0.39, 0.29) is 11.9 Å². The van der Waals surface area contributed by atoms with Gasteiger partial charge in [-0.3, -0.25) is 9.79 Å². The Morgan fingerprint density at radius 1 is 1.33 bits per heavy atom. The molecule has 1 heterocycles. The maximum Gasteiger partial charge on any atom is 0.308 e. The monoisotopic (exact) mass is 340 g/mol. The summed E-state index contributed by atoms with van der Waals surface area (Å²) in [5.41, 5.74) is 0. The maximum atomic E-state index is 11.6. The molecule has 1 saturated heterocycles. The fourth-order valence-electron chi connectivity index (χ4n) is 2.84. The van der Waals surface area contributed by atoms with Gasteiger partial charge in [0.05, 0.1) is 13.0 Å². The van der Waals surface area contributed by atoms with Gasteiger partial charge in [0.25, 0.3) is 0 Å². The van der Waals surface area contributed by atoms with Crippen molar-refractivity contribution in [2.24, 2.45) is 10.9 Å². The van der Waals surface area contributed by atoms with E-state index in [0.717, 1.165) is 57.9 Å². The third-order valence-corrected chi connectivity index (χ3v) is 4.73. The van der Waals surface area contributed by atoms with Crippen LogP contribution in [0.4, 0.5) is 0 Å². The van der Waals surface area contributed by atoms with Crippen LogP contribution in [0.15, 0.2) is 4.99 Å². The van der Waals surface area contributed by atoms with Crippen molar-refractivity contribution in [3.8, 4) is 0 Å². The number of carbonyl (C=O) groups excluding carboxylic acids is 1. The van der Waals surface area contributed by atoms with Gasteiger partial charge in [0.2, 0.25) is 0 Å². The third kappa shape index (κ3) is 7.07. The van der Waals surface area contributed by atoms with Gasteiger partial charge < -0.3 is 19.9 Å². The number of nitrogens with zero attached hydrogens (tertiary/aromatic N) is 3. The van der Waals surface area contributed by atoms with Gasteiger partial charge in [0.15, 0.2) is 5.96 Å². The van der Waals surface area contributed by atoms with Gasteiger partial charge in [-0.2, -0.15) is 0 Å². The number of esters is 1. The summed E-state index contributed by atoms with van der Waals surface area (Å²) in [5.74, 6) is 0.949. The normalized spacial score (nSPS) is 16.8. The van der Waals surface area contributed by atoms with Crippen molar-refractivity contribution in [2.45, 2.75) is 52.5 Å². The molecule has 1 fully saturated rings. The molecule has 24 heavy (non-hydrogen) atoms. The first-order valence-corrected chi connectivity index (χ1v) is 9.30. The molecule has 0 radical (unpaired) electrons. The van der Waals surface area contributed by atoms with E-state index in [9.17, 15) is 4.79 Å². The molecular weight excluding hydrogens is 304 g/mol. The fourth-order valence-corrected chi connectivity index (χ4v) is 2.84. The van der Waals surface area contributed by atoms with Crippen molar-refractivity contribution in [2.75, 3.05) is 46.9 Å². The summed E-state index contributed by atoms with van der Waals surface area (Å²) in [4.78, 5) is 21.0. The summed E-state index contributed by atoms with van der Waals surface area (Å²) in [6.07, 6.45) is 3.96. The number of hydrogen-bond acceptors (Lipinski definition) is 4. The Balaban J connectivity index is 2.39. The zero-order chi connectivity index (χ0) is 17.9. The second-order valence-corrected chi connectivity index (χ2v) is 6.80. The molecule has 0 aromatic rings. The van der Waals surface area contributed by atoms with Crippen molar-refractivity contribution in [1.82, 2.24) is 15.1 Å². The first-order valence-electron chi connectivity index (χ1n) is 9.30. The molecule has 1 aliphatic rings. The number of methoxy groups -OCH3 is 1. The van der Waals surface area contributed by atoms with E-state index in [4.69, 9.17) is 9.73 Å². The Bertz CT molecular complexity index is 390. The summed E-state index contributed by atoms with van der Waals surface area (Å²) < 4.78 is 4.85. The second-order valence-electron chi connectivity index (χ2n) is 6.80. The first kappa shape index (κ1) is 20.7. The topological polar surface area (TPSA) is 57.2 Å². The van der Waals surface area contributed by atoms with Crippen molar-refractivity contribution in [1.29, 1.82) is 0 Å². The summed E-state index contributed by atoms with van der Waals surface area (Å²) in [7, 11) is 3.64. The Morgan fingerprint density at radius 3 is 2.54 bits per heavy atom.